The highest BCUT2D eigenvalue weighted by atomic mass is 35.5. The number of aryl methyl sites for hydroxylation is 1. The Morgan fingerprint density at radius 2 is 1.86 bits per heavy atom. The number of benzene rings is 1. The van der Waals surface area contributed by atoms with Crippen molar-refractivity contribution < 1.29 is 26.7 Å². The van der Waals surface area contributed by atoms with Crippen LogP contribution in [0, 0.1) is 12.7 Å². The first kappa shape index (κ1) is 19.6. The second kappa shape index (κ2) is 6.78. The van der Waals surface area contributed by atoms with E-state index < -0.39 is 34.6 Å². The van der Waals surface area contributed by atoms with Crippen LogP contribution in [0.3, 0.4) is 0 Å². The number of hydrogen-bond acceptors (Lipinski definition) is 6. The molecule has 0 saturated heterocycles. The molecule has 0 aliphatic rings. The Bertz CT molecular complexity index is 1180. The van der Waals surface area contributed by atoms with Crippen molar-refractivity contribution in [2.75, 3.05) is 0 Å². The molecule has 3 rings (SSSR count). The molecule has 28 heavy (non-hydrogen) atoms. The number of hydrogen-bond donors (Lipinski definition) is 0. The van der Waals surface area contributed by atoms with E-state index in [2.05, 4.69) is 10.2 Å². The van der Waals surface area contributed by atoms with Crippen LogP contribution in [-0.4, -0.2) is 19.3 Å². The molecule has 8 nitrogen and oxygen atoms in total. The van der Waals surface area contributed by atoms with E-state index in [0.717, 1.165) is 19.2 Å². The summed E-state index contributed by atoms with van der Waals surface area (Å²) >= 11 is 5.87. The number of halogens is 5. The Kier molecular flexibility index (Phi) is 4.75. The lowest BCUT2D eigenvalue weighted by molar-refractivity contribution is -0.144. The van der Waals surface area contributed by atoms with Gasteiger partial charge in [0.2, 0.25) is 5.89 Å². The molecule has 0 N–H and O–H groups in total. The zero-order valence-electron chi connectivity index (χ0n) is 14.0. The van der Waals surface area contributed by atoms with Crippen LogP contribution >= 0.6 is 11.6 Å². The minimum Gasteiger partial charge on any atom is -0.408 e. The van der Waals surface area contributed by atoms with E-state index in [1.165, 1.54) is 6.92 Å². The van der Waals surface area contributed by atoms with Gasteiger partial charge in [0, 0.05) is 26.1 Å². The topological polar surface area (TPSA) is 92.2 Å². The van der Waals surface area contributed by atoms with Crippen LogP contribution in [0.5, 0.6) is 11.8 Å². The van der Waals surface area contributed by atoms with Crippen molar-refractivity contribution in [1.82, 2.24) is 19.3 Å². The molecule has 0 aliphatic heterocycles. The summed E-state index contributed by atoms with van der Waals surface area (Å²) in [6.45, 7) is 1.48. The Morgan fingerprint density at radius 1 is 1.18 bits per heavy atom. The predicted molar refractivity (Wildman–Crippen MR) is 86.4 cm³/mol. The summed E-state index contributed by atoms with van der Waals surface area (Å²) in [5.41, 5.74) is -4.96. The molecule has 0 bridgehead atoms. The maximum Gasteiger partial charge on any atom is 0.431 e. The summed E-state index contributed by atoms with van der Waals surface area (Å²) in [4.78, 5) is 24.5. The van der Waals surface area contributed by atoms with Gasteiger partial charge in [0.25, 0.3) is 5.56 Å². The van der Waals surface area contributed by atoms with E-state index in [0.29, 0.717) is 0 Å². The van der Waals surface area contributed by atoms with Gasteiger partial charge in [0.05, 0.1) is 10.7 Å². The summed E-state index contributed by atoms with van der Waals surface area (Å²) in [6, 6.07) is 1.75. The molecular formula is C15H9ClF4N4O4. The number of aromatic nitrogens is 4. The van der Waals surface area contributed by atoms with Gasteiger partial charge in [-0.15, -0.1) is 5.10 Å². The number of nitrogens with zero attached hydrogens (tertiary/aromatic N) is 4. The van der Waals surface area contributed by atoms with Crippen molar-refractivity contribution in [1.29, 1.82) is 0 Å². The van der Waals surface area contributed by atoms with Crippen LogP contribution in [0.1, 0.15) is 11.6 Å². The molecule has 148 valence electrons. The summed E-state index contributed by atoms with van der Waals surface area (Å²) in [7, 11) is 0.799. The van der Waals surface area contributed by atoms with Gasteiger partial charge in [-0.25, -0.2) is 13.8 Å². The quantitative estimate of drug-likeness (QED) is 0.605. The van der Waals surface area contributed by atoms with Crippen LogP contribution < -0.4 is 16.0 Å². The second-order valence-corrected chi connectivity index (χ2v) is 5.87. The first-order valence-corrected chi connectivity index (χ1v) is 7.74. The van der Waals surface area contributed by atoms with Gasteiger partial charge in [-0.3, -0.25) is 9.36 Å². The smallest absolute Gasteiger partial charge is 0.408 e. The van der Waals surface area contributed by atoms with Gasteiger partial charge in [-0.05, 0) is 6.07 Å². The third-order valence-corrected chi connectivity index (χ3v) is 3.85. The molecule has 0 aliphatic carbocycles. The number of ether oxygens (including phenoxy) is 1. The molecule has 0 atom stereocenters. The molecule has 13 heteroatoms. The first-order chi connectivity index (χ1) is 13.0. The fourth-order valence-corrected chi connectivity index (χ4v) is 2.49. The second-order valence-electron chi connectivity index (χ2n) is 5.47. The average molecular weight is 421 g/mol. The molecule has 1 aromatic carbocycles. The van der Waals surface area contributed by atoms with E-state index in [-0.39, 0.29) is 37.9 Å². The number of alkyl halides is 3. The summed E-state index contributed by atoms with van der Waals surface area (Å²) in [5, 5.41) is 6.78. The van der Waals surface area contributed by atoms with E-state index >= 15 is 0 Å². The van der Waals surface area contributed by atoms with Gasteiger partial charge in [-0.1, -0.05) is 16.7 Å². The van der Waals surface area contributed by atoms with Crippen LogP contribution in [0.15, 0.2) is 32.2 Å². The zero-order chi connectivity index (χ0) is 20.8. The maximum absolute atomic E-state index is 14.4. The largest absolute Gasteiger partial charge is 0.431 e. The van der Waals surface area contributed by atoms with Gasteiger partial charge < -0.3 is 9.15 Å². The Labute approximate surface area is 157 Å². The van der Waals surface area contributed by atoms with Crippen LogP contribution in [0.4, 0.5) is 17.6 Å². The molecule has 0 spiro atoms. The van der Waals surface area contributed by atoms with Gasteiger partial charge in [0.1, 0.15) is 11.5 Å². The minimum absolute atomic E-state index is 0.154. The lowest BCUT2D eigenvalue weighted by Gasteiger charge is -2.15. The van der Waals surface area contributed by atoms with Gasteiger partial charge in [-0.2, -0.15) is 13.2 Å². The monoisotopic (exact) mass is 420 g/mol. The Balaban J connectivity index is 2.19. The zero-order valence-corrected chi connectivity index (χ0v) is 14.8. The van der Waals surface area contributed by atoms with Crippen molar-refractivity contribution >= 4 is 11.6 Å². The van der Waals surface area contributed by atoms with Crippen molar-refractivity contribution in [3.63, 3.8) is 0 Å². The third kappa shape index (κ3) is 3.50. The van der Waals surface area contributed by atoms with E-state index in [1.54, 1.807) is 0 Å². The molecule has 3 aromatic rings. The van der Waals surface area contributed by atoms with Crippen molar-refractivity contribution in [3.8, 4) is 17.5 Å². The van der Waals surface area contributed by atoms with Gasteiger partial charge >= 0.3 is 17.9 Å². The molecular weight excluding hydrogens is 412 g/mol. The summed E-state index contributed by atoms with van der Waals surface area (Å²) in [6.07, 6.45) is -5.31. The highest BCUT2D eigenvalue weighted by Crippen LogP contribution is 2.32. The van der Waals surface area contributed by atoms with E-state index in [1.807, 2.05) is 0 Å². The van der Waals surface area contributed by atoms with Crippen LogP contribution in [-0.2, 0) is 13.2 Å². The molecule has 0 saturated carbocycles. The maximum atomic E-state index is 14.4. The fraction of sp³-hybridized carbons (Fsp3) is 0.200. The lowest BCUT2D eigenvalue weighted by Crippen LogP contribution is -2.41. The molecule has 2 heterocycles. The van der Waals surface area contributed by atoms with Crippen molar-refractivity contribution in [2.45, 2.75) is 13.1 Å². The molecule has 0 unspecified atom stereocenters. The van der Waals surface area contributed by atoms with Crippen LogP contribution in [0.2, 0.25) is 5.02 Å². The molecule has 0 fully saturated rings. The van der Waals surface area contributed by atoms with E-state index in [4.69, 9.17) is 20.8 Å². The average Bonchev–Trinajstić information content (AvgIpc) is 2.99. The summed E-state index contributed by atoms with van der Waals surface area (Å²) < 4.78 is 63.8. The highest BCUT2D eigenvalue weighted by molar-refractivity contribution is 6.32. The Hall–Kier alpha value is -3.15. The standard InChI is InChI=1S/C15H9ClF4N4O4/c1-6-21-22-13(27-6)28-10-4-9(8(17)3-7(10)16)24-12(25)5-11(15(18,19)20)23(2)14(24)26/h3-5H,1-2H3. The molecule has 0 amide bonds. The van der Waals surface area contributed by atoms with Gasteiger partial charge in [0.15, 0.2) is 5.75 Å². The third-order valence-electron chi connectivity index (χ3n) is 3.56. The molecule has 2 aromatic heterocycles. The first-order valence-electron chi connectivity index (χ1n) is 7.36. The van der Waals surface area contributed by atoms with Crippen molar-refractivity contribution in [2.24, 2.45) is 7.05 Å². The highest BCUT2D eigenvalue weighted by Gasteiger charge is 2.35. The van der Waals surface area contributed by atoms with Crippen LogP contribution in [0.25, 0.3) is 5.69 Å². The molecule has 0 radical (unpaired) electrons. The van der Waals surface area contributed by atoms with Crippen molar-refractivity contribution in [3.05, 3.63) is 61.5 Å². The fourth-order valence-electron chi connectivity index (χ4n) is 2.30. The summed E-state index contributed by atoms with van der Waals surface area (Å²) in [5.74, 6) is -1.25. The van der Waals surface area contributed by atoms with E-state index in [9.17, 15) is 27.2 Å². The normalized spacial score (nSPS) is 11.7. The Morgan fingerprint density at radius 3 is 2.43 bits per heavy atom. The SMILES string of the molecule is Cc1nnc(Oc2cc(-n3c(=O)cc(C(F)(F)F)n(C)c3=O)c(F)cc2Cl)o1. The predicted octanol–water partition coefficient (Wildman–Crippen LogP) is 2.83. The minimum atomic E-state index is -4.95. The number of rotatable bonds is 3. The lowest BCUT2D eigenvalue weighted by atomic mass is 10.2.